The predicted molar refractivity (Wildman–Crippen MR) is 111 cm³/mol. The number of ketones is 1. The Hall–Kier alpha value is -2.88. The highest BCUT2D eigenvalue weighted by Gasteiger charge is 2.38. The molecule has 1 aliphatic rings. The minimum absolute atomic E-state index is 0.0524. The van der Waals surface area contributed by atoms with Gasteiger partial charge in [0.1, 0.15) is 0 Å². The van der Waals surface area contributed by atoms with Crippen LogP contribution in [0.3, 0.4) is 0 Å². The van der Waals surface area contributed by atoms with Crippen molar-refractivity contribution in [2.45, 2.75) is 38.5 Å². The molecule has 0 radical (unpaired) electrons. The van der Waals surface area contributed by atoms with Gasteiger partial charge in [-0.15, -0.1) is 0 Å². The average Bonchev–Trinajstić information content (AvgIpc) is 2.88. The first-order valence-electron chi connectivity index (χ1n) is 9.59. The van der Waals surface area contributed by atoms with E-state index in [1.165, 1.54) is 5.56 Å². The van der Waals surface area contributed by atoms with Crippen molar-refractivity contribution in [1.82, 2.24) is 0 Å². The Kier molecular flexibility index (Phi) is 5.68. The highest BCUT2D eigenvalue weighted by molar-refractivity contribution is 5.94. The van der Waals surface area contributed by atoms with Gasteiger partial charge in [0.25, 0.3) is 0 Å². The quantitative estimate of drug-likeness (QED) is 0.545. The fourth-order valence-corrected chi connectivity index (χ4v) is 3.81. The van der Waals surface area contributed by atoms with Crippen molar-refractivity contribution in [3.63, 3.8) is 0 Å². The molecule has 1 atom stereocenters. The first-order chi connectivity index (χ1) is 13.3. The fraction of sp³-hybridized carbons (Fsp3) is 0.333. The Bertz CT molecular complexity index is 899. The van der Waals surface area contributed by atoms with Crippen molar-refractivity contribution in [2.24, 2.45) is 0 Å². The van der Waals surface area contributed by atoms with E-state index in [-0.39, 0.29) is 36.1 Å². The molecular weight excluding hydrogens is 350 g/mol. The van der Waals surface area contributed by atoms with Crippen LogP contribution in [0, 0.1) is 0 Å². The van der Waals surface area contributed by atoms with Gasteiger partial charge in [0, 0.05) is 29.9 Å². The number of hydrogen-bond donors (Lipinski definition) is 0. The number of nitrogens with zero attached hydrogens (tertiary/aromatic N) is 1. The molecule has 0 bridgehead atoms. The number of ether oxygens (including phenoxy) is 1. The molecule has 3 rings (SSSR count). The number of carbonyl (C=O) groups excluding carboxylic acids is 2. The van der Waals surface area contributed by atoms with Gasteiger partial charge in [0.15, 0.2) is 12.4 Å². The number of allylic oxidation sites excluding steroid dienone is 1. The van der Waals surface area contributed by atoms with E-state index in [9.17, 15) is 9.59 Å². The Balaban J connectivity index is 1.60. The Morgan fingerprint density at radius 1 is 1.07 bits per heavy atom. The fourth-order valence-electron chi connectivity index (χ4n) is 3.81. The Morgan fingerprint density at radius 2 is 1.71 bits per heavy atom. The third-order valence-electron chi connectivity index (χ3n) is 5.46. The van der Waals surface area contributed by atoms with Crippen molar-refractivity contribution >= 4 is 17.4 Å². The molecule has 0 N–H and O–H groups in total. The molecular formula is C24H27NO3. The summed E-state index contributed by atoms with van der Waals surface area (Å²) in [4.78, 5) is 26.6. The molecule has 0 spiro atoms. The van der Waals surface area contributed by atoms with Crippen LogP contribution in [0.25, 0.3) is 0 Å². The maximum atomic E-state index is 12.5. The lowest BCUT2D eigenvalue weighted by Crippen LogP contribution is -2.25. The Labute approximate surface area is 166 Å². The van der Waals surface area contributed by atoms with E-state index in [1.807, 2.05) is 67.4 Å². The topological polar surface area (TPSA) is 46.6 Å². The van der Waals surface area contributed by atoms with Gasteiger partial charge in [-0.25, -0.2) is 0 Å². The summed E-state index contributed by atoms with van der Waals surface area (Å²) < 4.78 is 5.24. The number of rotatable bonds is 6. The number of benzene rings is 2. The van der Waals surface area contributed by atoms with E-state index in [2.05, 4.69) is 19.9 Å². The van der Waals surface area contributed by atoms with Gasteiger partial charge in [-0.05, 0) is 23.1 Å². The number of likely N-dealkylation sites (N-methyl/N-ethyl adjacent to an activating group) is 1. The minimum atomic E-state index is -0.356. The molecule has 0 aromatic heterocycles. The van der Waals surface area contributed by atoms with Gasteiger partial charge in [0.05, 0.1) is 6.42 Å². The standard InChI is InChI=1S/C24H27NO3/c1-17(18-10-6-5-7-11-18)14-23(27)28-16-19(26)15-22-24(2,3)20-12-8-9-13-21(20)25(22)4/h5-13,15,17H,14,16H2,1-4H3/b22-15+/t17-/m0/s1. The molecule has 0 saturated heterocycles. The highest BCUT2D eigenvalue weighted by atomic mass is 16.5. The highest BCUT2D eigenvalue weighted by Crippen LogP contribution is 2.46. The lowest BCUT2D eigenvalue weighted by Gasteiger charge is -2.23. The summed E-state index contributed by atoms with van der Waals surface area (Å²) in [6.45, 7) is 5.95. The van der Waals surface area contributed by atoms with E-state index >= 15 is 0 Å². The molecule has 28 heavy (non-hydrogen) atoms. The maximum Gasteiger partial charge on any atom is 0.306 e. The van der Waals surface area contributed by atoms with Gasteiger partial charge in [-0.3, -0.25) is 9.59 Å². The molecule has 4 nitrogen and oxygen atoms in total. The van der Waals surface area contributed by atoms with Gasteiger partial charge >= 0.3 is 5.97 Å². The smallest absolute Gasteiger partial charge is 0.306 e. The summed E-state index contributed by atoms with van der Waals surface area (Å²) in [5, 5.41) is 0. The number of esters is 1. The number of carbonyl (C=O) groups is 2. The molecule has 0 saturated carbocycles. The summed E-state index contributed by atoms with van der Waals surface area (Å²) in [7, 11) is 1.96. The molecule has 0 fully saturated rings. The van der Waals surface area contributed by atoms with Crippen LogP contribution < -0.4 is 4.90 Å². The zero-order chi connectivity index (χ0) is 20.3. The van der Waals surface area contributed by atoms with E-state index in [0.717, 1.165) is 16.9 Å². The van der Waals surface area contributed by atoms with E-state index in [4.69, 9.17) is 4.74 Å². The largest absolute Gasteiger partial charge is 0.457 e. The summed E-state index contributed by atoms with van der Waals surface area (Å²) in [5.41, 5.74) is 4.00. The minimum Gasteiger partial charge on any atom is -0.457 e. The third-order valence-corrected chi connectivity index (χ3v) is 5.46. The van der Waals surface area contributed by atoms with E-state index in [1.54, 1.807) is 6.08 Å². The van der Waals surface area contributed by atoms with Crippen LogP contribution in [0.4, 0.5) is 5.69 Å². The van der Waals surface area contributed by atoms with Crippen molar-refractivity contribution < 1.29 is 14.3 Å². The Morgan fingerprint density at radius 3 is 2.39 bits per heavy atom. The van der Waals surface area contributed by atoms with Crippen molar-refractivity contribution in [2.75, 3.05) is 18.6 Å². The van der Waals surface area contributed by atoms with Crippen LogP contribution in [0.1, 0.15) is 44.2 Å². The van der Waals surface area contributed by atoms with Gasteiger partial charge in [0.2, 0.25) is 0 Å². The summed E-state index contributed by atoms with van der Waals surface area (Å²) >= 11 is 0. The maximum absolute atomic E-state index is 12.5. The summed E-state index contributed by atoms with van der Waals surface area (Å²) in [6.07, 6.45) is 1.86. The average molecular weight is 377 g/mol. The lowest BCUT2D eigenvalue weighted by atomic mass is 9.83. The van der Waals surface area contributed by atoms with Crippen LogP contribution in [0.15, 0.2) is 66.4 Å². The molecule has 2 aromatic carbocycles. The van der Waals surface area contributed by atoms with Gasteiger partial charge < -0.3 is 9.64 Å². The SMILES string of the molecule is C[C@@H](CC(=O)OCC(=O)/C=C1/N(C)c2ccccc2C1(C)C)c1ccccc1. The van der Waals surface area contributed by atoms with Gasteiger partial charge in [-0.1, -0.05) is 69.3 Å². The second kappa shape index (κ2) is 8.01. The molecule has 0 unspecified atom stereocenters. The molecule has 4 heteroatoms. The number of hydrogen-bond acceptors (Lipinski definition) is 4. The second-order valence-electron chi connectivity index (χ2n) is 7.87. The van der Waals surface area contributed by atoms with Crippen LogP contribution >= 0.6 is 0 Å². The first kappa shape index (κ1) is 19.9. The lowest BCUT2D eigenvalue weighted by molar-refractivity contribution is -0.147. The number of para-hydroxylation sites is 1. The molecule has 2 aromatic rings. The second-order valence-corrected chi connectivity index (χ2v) is 7.87. The number of anilines is 1. The van der Waals surface area contributed by atoms with E-state index < -0.39 is 0 Å². The monoisotopic (exact) mass is 377 g/mol. The van der Waals surface area contributed by atoms with Crippen molar-refractivity contribution in [3.8, 4) is 0 Å². The molecule has 146 valence electrons. The van der Waals surface area contributed by atoms with E-state index in [0.29, 0.717) is 0 Å². The zero-order valence-corrected chi connectivity index (χ0v) is 16.9. The van der Waals surface area contributed by atoms with Crippen LogP contribution in [-0.4, -0.2) is 25.4 Å². The molecule has 0 aliphatic carbocycles. The number of fused-ring (bicyclic) bond motifs is 1. The normalized spacial score (nSPS) is 17.3. The zero-order valence-electron chi connectivity index (χ0n) is 16.9. The molecule has 0 amide bonds. The van der Waals surface area contributed by atoms with Gasteiger partial charge in [-0.2, -0.15) is 0 Å². The summed E-state index contributed by atoms with van der Waals surface area (Å²) in [6, 6.07) is 18.0. The van der Waals surface area contributed by atoms with Crippen LogP contribution in [0.5, 0.6) is 0 Å². The molecule has 1 heterocycles. The predicted octanol–water partition coefficient (Wildman–Crippen LogP) is 4.60. The van der Waals surface area contributed by atoms with Crippen molar-refractivity contribution in [3.05, 3.63) is 77.5 Å². The van der Waals surface area contributed by atoms with Crippen LogP contribution in [-0.2, 0) is 19.7 Å². The summed E-state index contributed by atoms with van der Waals surface area (Å²) in [5.74, 6) is -0.509. The molecule has 1 aliphatic heterocycles. The van der Waals surface area contributed by atoms with Crippen LogP contribution in [0.2, 0.25) is 0 Å². The van der Waals surface area contributed by atoms with Crippen molar-refractivity contribution in [1.29, 1.82) is 0 Å². The first-order valence-corrected chi connectivity index (χ1v) is 9.59. The third kappa shape index (κ3) is 4.01.